The third-order valence-electron chi connectivity index (χ3n) is 4.41. The first-order valence-electron chi connectivity index (χ1n) is 7.88. The number of nitrogens with one attached hydrogen (secondary N) is 1. The zero-order valence-electron chi connectivity index (χ0n) is 13.5. The van der Waals surface area contributed by atoms with Gasteiger partial charge in [-0.25, -0.2) is 4.98 Å². The Hall–Kier alpha value is -2.18. The van der Waals surface area contributed by atoms with E-state index in [9.17, 15) is 4.79 Å². The first-order valence-corrected chi connectivity index (χ1v) is 9.25. The van der Waals surface area contributed by atoms with Gasteiger partial charge in [0, 0.05) is 29.5 Å². The molecule has 1 aliphatic rings. The van der Waals surface area contributed by atoms with Crippen LogP contribution in [0.15, 0.2) is 29.6 Å². The predicted octanol–water partition coefficient (Wildman–Crippen LogP) is 2.48. The number of thioether (sulfide) groups is 1. The minimum atomic E-state index is -0.866. The van der Waals surface area contributed by atoms with Gasteiger partial charge >= 0.3 is 5.97 Å². The Morgan fingerprint density at radius 2 is 2.36 bits per heavy atom. The number of halogens is 1. The molecule has 0 fully saturated rings. The summed E-state index contributed by atoms with van der Waals surface area (Å²) in [6.45, 7) is 0. The average molecular weight is 374 g/mol. The van der Waals surface area contributed by atoms with E-state index in [-0.39, 0.29) is 11.7 Å². The van der Waals surface area contributed by atoms with Crippen LogP contribution in [0.2, 0.25) is 5.02 Å². The van der Waals surface area contributed by atoms with Crippen LogP contribution in [0, 0.1) is 0 Å². The van der Waals surface area contributed by atoms with Crippen molar-refractivity contribution in [2.75, 3.05) is 5.75 Å². The van der Waals surface area contributed by atoms with Crippen molar-refractivity contribution in [3.63, 3.8) is 0 Å². The van der Waals surface area contributed by atoms with Gasteiger partial charge in [0.25, 0.3) is 0 Å². The second-order valence-electron chi connectivity index (χ2n) is 6.10. The maximum Gasteiger partial charge on any atom is 0.313 e. The zero-order chi connectivity index (χ0) is 17.6. The minimum Gasteiger partial charge on any atom is -0.481 e. The number of aliphatic carboxylic acids is 1. The predicted molar refractivity (Wildman–Crippen MR) is 100 cm³/mol. The molecule has 0 bridgehead atoms. The molecule has 4 rings (SSSR count). The van der Waals surface area contributed by atoms with E-state index in [0.717, 1.165) is 23.0 Å². The largest absolute Gasteiger partial charge is 0.481 e. The summed E-state index contributed by atoms with van der Waals surface area (Å²) in [6.07, 6.45) is 7.44. The quantitative estimate of drug-likeness (QED) is 0.689. The lowest BCUT2D eigenvalue weighted by Gasteiger charge is -2.15. The van der Waals surface area contributed by atoms with Gasteiger partial charge in [0.05, 0.1) is 16.8 Å². The number of H-pyrrole nitrogens is 1. The molecule has 0 aliphatic heterocycles. The molecular weight excluding hydrogens is 358 g/mol. The third-order valence-corrected chi connectivity index (χ3v) is 5.60. The Bertz CT molecular complexity index is 1100. The SMILES string of the molecule is Cn1ccc2c1=CCC(c1cc3[nH]c(SCC(=O)O)nc3cc1Cl)C=2. The highest BCUT2D eigenvalue weighted by Gasteiger charge is 2.17. The average Bonchev–Trinajstić information content (AvgIpc) is 3.15. The zero-order valence-corrected chi connectivity index (χ0v) is 15.1. The van der Waals surface area contributed by atoms with Crippen LogP contribution in [0.25, 0.3) is 23.2 Å². The number of nitrogens with zero attached hydrogens (tertiary/aromatic N) is 2. The number of hydrogen-bond acceptors (Lipinski definition) is 3. The van der Waals surface area contributed by atoms with Crippen LogP contribution in [0.3, 0.4) is 0 Å². The lowest BCUT2D eigenvalue weighted by Crippen LogP contribution is -2.30. The van der Waals surface area contributed by atoms with Crippen molar-refractivity contribution < 1.29 is 9.90 Å². The Morgan fingerprint density at radius 1 is 1.52 bits per heavy atom. The Balaban J connectivity index is 1.71. The lowest BCUT2D eigenvalue weighted by atomic mass is 9.91. The van der Waals surface area contributed by atoms with E-state index in [1.807, 2.05) is 19.2 Å². The number of aromatic amines is 1. The number of hydrogen-bond donors (Lipinski definition) is 2. The highest BCUT2D eigenvalue weighted by Crippen LogP contribution is 2.33. The van der Waals surface area contributed by atoms with Gasteiger partial charge < -0.3 is 14.7 Å². The molecule has 1 aliphatic carbocycles. The molecule has 7 heteroatoms. The highest BCUT2D eigenvalue weighted by molar-refractivity contribution is 7.99. The Kier molecular flexibility index (Phi) is 4.09. The molecule has 0 radical (unpaired) electrons. The number of fused-ring (bicyclic) bond motifs is 2. The second kappa shape index (κ2) is 6.28. The van der Waals surface area contributed by atoms with Gasteiger partial charge in [0.15, 0.2) is 5.16 Å². The fourth-order valence-electron chi connectivity index (χ4n) is 3.21. The maximum absolute atomic E-state index is 10.7. The lowest BCUT2D eigenvalue weighted by molar-refractivity contribution is -0.133. The van der Waals surface area contributed by atoms with Crippen molar-refractivity contribution >= 4 is 52.5 Å². The summed E-state index contributed by atoms with van der Waals surface area (Å²) in [6, 6.07) is 5.99. The van der Waals surface area contributed by atoms with Crippen molar-refractivity contribution in [3.8, 4) is 0 Å². The van der Waals surface area contributed by atoms with E-state index < -0.39 is 5.97 Å². The monoisotopic (exact) mass is 373 g/mol. The van der Waals surface area contributed by atoms with Crippen LogP contribution in [0.4, 0.5) is 0 Å². The molecule has 0 saturated heterocycles. The Morgan fingerprint density at radius 3 is 3.16 bits per heavy atom. The first-order chi connectivity index (χ1) is 12.0. The van der Waals surface area contributed by atoms with E-state index in [1.54, 1.807) is 0 Å². The first kappa shape index (κ1) is 16.3. The number of aromatic nitrogens is 3. The minimum absolute atomic E-state index is 0.0252. The number of carboxylic acid groups (broad SMARTS) is 1. The summed E-state index contributed by atoms with van der Waals surface area (Å²) in [5, 5.41) is 12.5. The van der Waals surface area contributed by atoms with Crippen LogP contribution >= 0.6 is 23.4 Å². The van der Waals surface area contributed by atoms with Crippen molar-refractivity contribution in [2.45, 2.75) is 17.5 Å². The summed E-state index contributed by atoms with van der Waals surface area (Å²) in [5.41, 5.74) is 2.68. The Labute approximate surface area is 153 Å². The van der Waals surface area contributed by atoms with E-state index in [1.165, 1.54) is 22.3 Å². The van der Waals surface area contributed by atoms with Crippen molar-refractivity contribution in [1.29, 1.82) is 0 Å². The van der Waals surface area contributed by atoms with Crippen molar-refractivity contribution in [3.05, 3.63) is 45.5 Å². The number of imidazole rings is 1. The normalized spacial score (nSPS) is 16.3. The van der Waals surface area contributed by atoms with Gasteiger partial charge in [-0.1, -0.05) is 35.5 Å². The molecule has 0 saturated carbocycles. The smallest absolute Gasteiger partial charge is 0.313 e. The van der Waals surface area contributed by atoms with Gasteiger partial charge in [-0.05, 0) is 35.4 Å². The van der Waals surface area contributed by atoms with Gasteiger partial charge in [0.1, 0.15) is 0 Å². The van der Waals surface area contributed by atoms with Crippen LogP contribution in [0.5, 0.6) is 0 Å². The van der Waals surface area contributed by atoms with Gasteiger partial charge in [-0.15, -0.1) is 0 Å². The molecule has 1 aromatic carbocycles. The van der Waals surface area contributed by atoms with Crippen molar-refractivity contribution in [2.24, 2.45) is 7.05 Å². The molecular formula is C18H16ClN3O2S. The van der Waals surface area contributed by atoms with Crippen LogP contribution < -0.4 is 10.6 Å². The second-order valence-corrected chi connectivity index (χ2v) is 7.47. The number of benzene rings is 1. The standard InChI is InChI=1S/C18H16ClN3O2S/c1-22-5-4-11-6-10(2-3-16(11)22)12-7-14-15(8-13(12)19)21-18(20-14)25-9-17(23)24/h3-8,10H,2,9H2,1H3,(H,20,21)(H,23,24). The molecule has 2 heterocycles. The number of aryl methyl sites for hydroxylation is 1. The summed E-state index contributed by atoms with van der Waals surface area (Å²) >= 11 is 7.68. The molecule has 2 N–H and O–H groups in total. The number of rotatable bonds is 4. The molecule has 5 nitrogen and oxygen atoms in total. The molecule has 0 spiro atoms. The molecule has 3 aromatic rings. The van der Waals surface area contributed by atoms with Gasteiger partial charge in [0.2, 0.25) is 0 Å². The highest BCUT2D eigenvalue weighted by atomic mass is 35.5. The number of carboxylic acids is 1. The van der Waals surface area contributed by atoms with E-state index in [2.05, 4.69) is 39.0 Å². The molecule has 1 unspecified atom stereocenters. The fraction of sp³-hybridized carbons (Fsp3) is 0.222. The summed E-state index contributed by atoms with van der Waals surface area (Å²) in [5.74, 6) is -0.678. The topological polar surface area (TPSA) is 70.9 Å². The molecule has 25 heavy (non-hydrogen) atoms. The molecule has 128 valence electrons. The number of carbonyl (C=O) groups is 1. The summed E-state index contributed by atoms with van der Waals surface area (Å²) in [4.78, 5) is 18.3. The van der Waals surface area contributed by atoms with Crippen molar-refractivity contribution in [1.82, 2.24) is 14.5 Å². The van der Waals surface area contributed by atoms with Gasteiger partial charge in [-0.2, -0.15) is 0 Å². The molecule has 1 atom stereocenters. The third kappa shape index (κ3) is 3.07. The van der Waals surface area contributed by atoms with Crippen LogP contribution in [-0.2, 0) is 11.8 Å². The van der Waals surface area contributed by atoms with E-state index in [0.29, 0.717) is 10.2 Å². The summed E-state index contributed by atoms with van der Waals surface area (Å²) in [7, 11) is 2.05. The van der Waals surface area contributed by atoms with Crippen LogP contribution in [0.1, 0.15) is 17.9 Å². The fourth-order valence-corrected chi connectivity index (χ4v) is 4.11. The maximum atomic E-state index is 10.7. The van der Waals surface area contributed by atoms with Crippen LogP contribution in [-0.4, -0.2) is 31.4 Å². The molecule has 0 amide bonds. The summed E-state index contributed by atoms with van der Waals surface area (Å²) < 4.78 is 2.12. The van der Waals surface area contributed by atoms with E-state index in [4.69, 9.17) is 16.7 Å². The van der Waals surface area contributed by atoms with Gasteiger partial charge in [-0.3, -0.25) is 4.79 Å². The van der Waals surface area contributed by atoms with E-state index >= 15 is 0 Å². The molecule has 2 aromatic heterocycles.